The monoisotopic (exact) mass is 258 g/mol. The second kappa shape index (κ2) is 5.56. The Hall–Kier alpha value is -2.30. The lowest BCUT2D eigenvalue weighted by Crippen LogP contribution is -2.19. The highest BCUT2D eigenvalue weighted by molar-refractivity contribution is 5.55. The molecule has 0 radical (unpaired) electrons. The fourth-order valence-electron chi connectivity index (χ4n) is 1.92. The topological polar surface area (TPSA) is 64.3 Å². The van der Waals surface area contributed by atoms with Crippen molar-refractivity contribution in [1.29, 1.82) is 0 Å². The number of nitrogens with two attached hydrogens (primary N) is 1. The molecule has 0 fully saturated rings. The van der Waals surface area contributed by atoms with Gasteiger partial charge in [-0.3, -0.25) is 0 Å². The van der Waals surface area contributed by atoms with Crippen molar-refractivity contribution in [2.75, 3.05) is 24.8 Å². The Labute approximate surface area is 113 Å². The first-order valence-electron chi connectivity index (χ1n) is 6.03. The number of hydrogen-bond acceptors (Lipinski definition) is 5. The predicted octanol–water partition coefficient (Wildman–Crippen LogP) is 2.01. The van der Waals surface area contributed by atoms with Gasteiger partial charge < -0.3 is 15.4 Å². The molecule has 1 aromatic carbocycles. The van der Waals surface area contributed by atoms with Crippen LogP contribution in [0.15, 0.2) is 30.6 Å². The number of hydrogen-bond donors (Lipinski definition) is 1. The first-order chi connectivity index (χ1) is 9.11. The molecule has 0 spiro atoms. The normalized spacial score (nSPS) is 10.3. The van der Waals surface area contributed by atoms with Gasteiger partial charge in [0.1, 0.15) is 23.7 Å². The van der Waals surface area contributed by atoms with E-state index in [0.29, 0.717) is 5.82 Å². The maximum absolute atomic E-state index is 5.80. The van der Waals surface area contributed by atoms with Crippen molar-refractivity contribution in [3.8, 4) is 5.75 Å². The van der Waals surface area contributed by atoms with E-state index in [2.05, 4.69) is 14.9 Å². The largest absolute Gasteiger partial charge is 0.497 e. The number of aromatic nitrogens is 2. The lowest BCUT2D eigenvalue weighted by atomic mass is 10.2. The summed E-state index contributed by atoms with van der Waals surface area (Å²) in [6, 6.07) is 7.97. The molecule has 2 aromatic rings. The molecule has 0 aliphatic carbocycles. The minimum atomic E-state index is 0.520. The Bertz CT molecular complexity index is 554. The second-order valence-electron chi connectivity index (χ2n) is 4.41. The van der Waals surface area contributed by atoms with Gasteiger partial charge in [0.2, 0.25) is 0 Å². The van der Waals surface area contributed by atoms with Crippen LogP contribution in [-0.2, 0) is 6.54 Å². The number of nitrogen functional groups attached to an aromatic ring is 1. The van der Waals surface area contributed by atoms with Gasteiger partial charge in [-0.15, -0.1) is 0 Å². The van der Waals surface area contributed by atoms with Crippen LogP contribution < -0.4 is 15.4 Å². The van der Waals surface area contributed by atoms with Crippen molar-refractivity contribution in [3.63, 3.8) is 0 Å². The summed E-state index contributed by atoms with van der Waals surface area (Å²) in [5, 5.41) is 0. The molecule has 100 valence electrons. The smallest absolute Gasteiger partial charge is 0.137 e. The van der Waals surface area contributed by atoms with Gasteiger partial charge in [0.05, 0.1) is 7.11 Å². The van der Waals surface area contributed by atoms with E-state index in [4.69, 9.17) is 10.5 Å². The van der Waals surface area contributed by atoms with Crippen LogP contribution in [0, 0.1) is 6.92 Å². The lowest BCUT2D eigenvalue weighted by Gasteiger charge is -2.20. The third kappa shape index (κ3) is 2.93. The van der Waals surface area contributed by atoms with Crippen LogP contribution in [0.1, 0.15) is 11.1 Å². The number of rotatable bonds is 4. The van der Waals surface area contributed by atoms with Gasteiger partial charge in [0.25, 0.3) is 0 Å². The van der Waals surface area contributed by atoms with E-state index < -0.39 is 0 Å². The number of anilines is 2. The highest BCUT2D eigenvalue weighted by atomic mass is 16.5. The van der Waals surface area contributed by atoms with E-state index in [1.54, 1.807) is 7.11 Å². The standard InChI is InChI=1S/C14H18N4O/c1-10-13(15)16-9-17-14(10)18(2)8-11-4-6-12(19-3)7-5-11/h4-7,9H,8H2,1-3H3,(H2,15,16,17). The number of benzene rings is 1. The minimum Gasteiger partial charge on any atom is -0.497 e. The van der Waals surface area contributed by atoms with Gasteiger partial charge in [-0.25, -0.2) is 9.97 Å². The molecule has 5 heteroatoms. The van der Waals surface area contributed by atoms with Crippen LogP contribution in [0.3, 0.4) is 0 Å². The lowest BCUT2D eigenvalue weighted by molar-refractivity contribution is 0.414. The minimum absolute atomic E-state index is 0.520. The highest BCUT2D eigenvalue weighted by Gasteiger charge is 2.09. The van der Waals surface area contributed by atoms with Gasteiger partial charge in [-0.05, 0) is 24.6 Å². The number of nitrogens with zero attached hydrogens (tertiary/aromatic N) is 3. The van der Waals surface area contributed by atoms with Crippen molar-refractivity contribution in [3.05, 3.63) is 41.7 Å². The van der Waals surface area contributed by atoms with E-state index in [0.717, 1.165) is 23.7 Å². The van der Waals surface area contributed by atoms with Gasteiger partial charge in [-0.1, -0.05) is 12.1 Å². The molecule has 0 aliphatic heterocycles. The summed E-state index contributed by atoms with van der Waals surface area (Å²) in [5.74, 6) is 2.23. The maximum atomic E-state index is 5.80. The van der Waals surface area contributed by atoms with Crippen LogP contribution >= 0.6 is 0 Å². The Morgan fingerprint density at radius 3 is 2.53 bits per heavy atom. The molecule has 0 saturated heterocycles. The second-order valence-corrected chi connectivity index (χ2v) is 4.41. The zero-order valence-electron chi connectivity index (χ0n) is 11.4. The molecule has 0 bridgehead atoms. The molecule has 5 nitrogen and oxygen atoms in total. The van der Waals surface area contributed by atoms with Crippen LogP contribution in [0.25, 0.3) is 0 Å². The zero-order chi connectivity index (χ0) is 13.8. The highest BCUT2D eigenvalue weighted by Crippen LogP contribution is 2.21. The van der Waals surface area contributed by atoms with Gasteiger partial charge in [-0.2, -0.15) is 0 Å². The third-order valence-corrected chi connectivity index (χ3v) is 3.04. The molecule has 19 heavy (non-hydrogen) atoms. The molecule has 1 aromatic heterocycles. The fourth-order valence-corrected chi connectivity index (χ4v) is 1.92. The predicted molar refractivity (Wildman–Crippen MR) is 76.3 cm³/mol. The Kier molecular flexibility index (Phi) is 3.85. The van der Waals surface area contributed by atoms with Crippen LogP contribution in [0.5, 0.6) is 5.75 Å². The maximum Gasteiger partial charge on any atom is 0.137 e. The summed E-state index contributed by atoms with van der Waals surface area (Å²) >= 11 is 0. The molecular formula is C14H18N4O. The molecular weight excluding hydrogens is 240 g/mol. The Balaban J connectivity index is 2.15. The quantitative estimate of drug-likeness (QED) is 0.908. The molecule has 0 unspecified atom stereocenters. The van der Waals surface area contributed by atoms with Crippen molar-refractivity contribution in [2.24, 2.45) is 0 Å². The molecule has 2 N–H and O–H groups in total. The summed E-state index contributed by atoms with van der Waals surface area (Å²) in [6.45, 7) is 2.68. The van der Waals surface area contributed by atoms with E-state index in [9.17, 15) is 0 Å². The third-order valence-electron chi connectivity index (χ3n) is 3.04. The van der Waals surface area contributed by atoms with E-state index in [1.807, 2.05) is 38.2 Å². The summed E-state index contributed by atoms with van der Waals surface area (Å²) in [4.78, 5) is 10.3. The number of methoxy groups -OCH3 is 1. The molecule has 0 atom stereocenters. The fraction of sp³-hybridized carbons (Fsp3) is 0.286. The van der Waals surface area contributed by atoms with Crippen molar-refractivity contribution in [1.82, 2.24) is 9.97 Å². The van der Waals surface area contributed by atoms with Crippen molar-refractivity contribution in [2.45, 2.75) is 13.5 Å². The Morgan fingerprint density at radius 2 is 1.89 bits per heavy atom. The van der Waals surface area contributed by atoms with Gasteiger partial charge >= 0.3 is 0 Å². The van der Waals surface area contributed by atoms with Crippen molar-refractivity contribution < 1.29 is 4.74 Å². The molecule has 0 amide bonds. The average Bonchev–Trinajstić information content (AvgIpc) is 2.42. The van der Waals surface area contributed by atoms with E-state index >= 15 is 0 Å². The van der Waals surface area contributed by atoms with Crippen LogP contribution in [0.2, 0.25) is 0 Å². The zero-order valence-corrected chi connectivity index (χ0v) is 11.4. The van der Waals surface area contributed by atoms with Gasteiger partial charge in [0.15, 0.2) is 0 Å². The molecule has 1 heterocycles. The van der Waals surface area contributed by atoms with Gasteiger partial charge in [0, 0.05) is 19.2 Å². The Morgan fingerprint density at radius 1 is 1.21 bits per heavy atom. The first kappa shape index (κ1) is 13.1. The summed E-state index contributed by atoms with van der Waals surface area (Å²) in [6.07, 6.45) is 1.49. The molecule has 0 saturated carbocycles. The average molecular weight is 258 g/mol. The summed E-state index contributed by atoms with van der Waals surface area (Å²) in [7, 11) is 3.65. The van der Waals surface area contributed by atoms with Crippen LogP contribution in [-0.4, -0.2) is 24.1 Å². The van der Waals surface area contributed by atoms with E-state index in [-0.39, 0.29) is 0 Å². The van der Waals surface area contributed by atoms with E-state index in [1.165, 1.54) is 11.9 Å². The SMILES string of the molecule is COc1ccc(CN(C)c2ncnc(N)c2C)cc1. The molecule has 2 rings (SSSR count). The van der Waals surface area contributed by atoms with Crippen LogP contribution in [0.4, 0.5) is 11.6 Å². The summed E-state index contributed by atoms with van der Waals surface area (Å²) in [5.41, 5.74) is 7.88. The van der Waals surface area contributed by atoms with Crippen molar-refractivity contribution >= 4 is 11.6 Å². The molecule has 0 aliphatic rings. The first-order valence-corrected chi connectivity index (χ1v) is 6.03. The summed E-state index contributed by atoms with van der Waals surface area (Å²) < 4.78 is 5.14. The number of ether oxygens (including phenoxy) is 1.